The highest BCUT2D eigenvalue weighted by Gasteiger charge is 2.32. The van der Waals surface area contributed by atoms with E-state index in [1.807, 2.05) is 32.1 Å². The van der Waals surface area contributed by atoms with Crippen LogP contribution in [0.25, 0.3) is 5.52 Å². The summed E-state index contributed by atoms with van der Waals surface area (Å²) in [6.07, 6.45) is 6.03. The van der Waals surface area contributed by atoms with Crippen LogP contribution in [0.15, 0.2) is 18.5 Å². The summed E-state index contributed by atoms with van der Waals surface area (Å²) in [7, 11) is 0. The Balaban J connectivity index is 1.86. The van der Waals surface area contributed by atoms with E-state index in [0.29, 0.717) is 28.6 Å². The molecule has 0 radical (unpaired) electrons. The summed E-state index contributed by atoms with van der Waals surface area (Å²) in [5.41, 5.74) is 7.92. The Morgan fingerprint density at radius 2 is 2.09 bits per heavy atom. The summed E-state index contributed by atoms with van der Waals surface area (Å²) in [6.45, 7) is 9.54. The number of nitrogens with zero attached hydrogens (tertiary/aromatic N) is 3. The van der Waals surface area contributed by atoms with E-state index in [1.54, 1.807) is 12.4 Å². The van der Waals surface area contributed by atoms with Crippen molar-refractivity contribution in [3.63, 3.8) is 0 Å². The van der Waals surface area contributed by atoms with Gasteiger partial charge in [-0.05, 0) is 45.6 Å². The SMILES string of the molecule is Cc1nc(C(C)c2cc(Cl)c(F)c(C(=O)NC3CCCC3C)c2OC(C)C)n2ccnc(N)c12. The van der Waals surface area contributed by atoms with Gasteiger partial charge in [-0.25, -0.2) is 14.4 Å². The van der Waals surface area contributed by atoms with Gasteiger partial charge in [-0.15, -0.1) is 0 Å². The lowest BCUT2D eigenvalue weighted by molar-refractivity contribution is 0.0918. The van der Waals surface area contributed by atoms with Gasteiger partial charge in [-0.3, -0.25) is 9.20 Å². The number of ether oxygens (including phenoxy) is 1. The number of nitrogens with two attached hydrogens (primary N) is 1. The molecule has 2 aromatic heterocycles. The van der Waals surface area contributed by atoms with Gasteiger partial charge in [-0.2, -0.15) is 0 Å². The minimum absolute atomic E-state index is 0.00646. The molecule has 1 aliphatic carbocycles. The van der Waals surface area contributed by atoms with E-state index >= 15 is 4.39 Å². The van der Waals surface area contributed by atoms with Crippen LogP contribution in [0.4, 0.5) is 10.2 Å². The van der Waals surface area contributed by atoms with Gasteiger partial charge in [0.2, 0.25) is 0 Å². The third-order valence-corrected chi connectivity index (χ3v) is 6.87. The first-order valence-electron chi connectivity index (χ1n) is 11.7. The molecule has 1 saturated carbocycles. The van der Waals surface area contributed by atoms with Crippen LogP contribution < -0.4 is 15.8 Å². The molecule has 0 bridgehead atoms. The van der Waals surface area contributed by atoms with E-state index < -0.39 is 11.7 Å². The first-order valence-corrected chi connectivity index (χ1v) is 12.1. The number of carbonyl (C=O) groups excluding carboxylic acids is 1. The molecule has 34 heavy (non-hydrogen) atoms. The van der Waals surface area contributed by atoms with Gasteiger partial charge in [0.15, 0.2) is 5.82 Å². The van der Waals surface area contributed by atoms with Crippen LogP contribution in [0, 0.1) is 18.7 Å². The Bertz CT molecular complexity index is 1240. The summed E-state index contributed by atoms with van der Waals surface area (Å²) in [4.78, 5) is 22.2. The average Bonchev–Trinajstić information content (AvgIpc) is 3.33. The summed E-state index contributed by atoms with van der Waals surface area (Å²) in [5.74, 6) is -0.135. The van der Waals surface area contributed by atoms with E-state index in [0.717, 1.165) is 25.0 Å². The van der Waals surface area contributed by atoms with Crippen molar-refractivity contribution < 1.29 is 13.9 Å². The zero-order valence-corrected chi connectivity index (χ0v) is 20.9. The Morgan fingerprint density at radius 3 is 2.74 bits per heavy atom. The lowest BCUT2D eigenvalue weighted by Gasteiger charge is -2.24. The summed E-state index contributed by atoms with van der Waals surface area (Å²) >= 11 is 6.33. The molecular weight excluding hydrogens is 457 g/mol. The highest BCUT2D eigenvalue weighted by Crippen LogP contribution is 2.40. The number of halogens is 2. The van der Waals surface area contributed by atoms with E-state index in [1.165, 1.54) is 6.07 Å². The van der Waals surface area contributed by atoms with Crippen molar-refractivity contribution in [1.82, 2.24) is 19.7 Å². The van der Waals surface area contributed by atoms with Crippen molar-refractivity contribution >= 4 is 28.8 Å². The smallest absolute Gasteiger partial charge is 0.258 e. The predicted molar refractivity (Wildman–Crippen MR) is 131 cm³/mol. The predicted octanol–water partition coefficient (Wildman–Crippen LogP) is 5.27. The Morgan fingerprint density at radius 1 is 1.35 bits per heavy atom. The number of fused-ring (bicyclic) bond motifs is 1. The quantitative estimate of drug-likeness (QED) is 0.494. The number of hydrogen-bond donors (Lipinski definition) is 2. The number of aryl methyl sites for hydroxylation is 1. The molecule has 1 fully saturated rings. The van der Waals surface area contributed by atoms with Crippen molar-refractivity contribution in [3.05, 3.63) is 51.9 Å². The van der Waals surface area contributed by atoms with E-state index in [4.69, 9.17) is 27.1 Å². The van der Waals surface area contributed by atoms with Crippen molar-refractivity contribution in [1.29, 1.82) is 0 Å². The molecule has 1 aromatic carbocycles. The van der Waals surface area contributed by atoms with Crippen LogP contribution >= 0.6 is 11.6 Å². The fourth-order valence-corrected chi connectivity index (χ4v) is 5.04. The highest BCUT2D eigenvalue weighted by molar-refractivity contribution is 6.31. The lowest BCUT2D eigenvalue weighted by atomic mass is 9.95. The molecule has 4 rings (SSSR count). The average molecular weight is 488 g/mol. The topological polar surface area (TPSA) is 94.5 Å². The number of imidazole rings is 1. The zero-order valence-electron chi connectivity index (χ0n) is 20.2. The molecule has 9 heteroatoms. The molecule has 2 heterocycles. The van der Waals surface area contributed by atoms with E-state index in [-0.39, 0.29) is 34.4 Å². The summed E-state index contributed by atoms with van der Waals surface area (Å²) in [6, 6.07) is 1.52. The second-order valence-corrected chi connectivity index (χ2v) is 9.84. The van der Waals surface area contributed by atoms with Gasteiger partial charge in [0.1, 0.15) is 28.5 Å². The van der Waals surface area contributed by atoms with Gasteiger partial charge in [0, 0.05) is 29.9 Å². The van der Waals surface area contributed by atoms with Crippen LogP contribution in [-0.2, 0) is 0 Å². The fraction of sp³-hybridized carbons (Fsp3) is 0.480. The van der Waals surface area contributed by atoms with Crippen LogP contribution in [0.5, 0.6) is 5.75 Å². The number of rotatable bonds is 6. The molecule has 0 spiro atoms. The van der Waals surface area contributed by atoms with E-state index in [2.05, 4.69) is 17.2 Å². The Labute approximate surface area is 203 Å². The maximum absolute atomic E-state index is 15.4. The number of nitrogens with one attached hydrogen (secondary N) is 1. The number of nitrogen functional groups attached to an aromatic ring is 1. The molecule has 182 valence electrons. The molecule has 3 N–H and O–H groups in total. The standard InChI is InChI=1S/C25H31ClFN5O2/c1-12(2)34-22-16(14(4)24-30-15(5)21-23(28)29-9-10-32(21)24)11-17(26)20(27)19(22)25(33)31-18-8-6-7-13(18)3/h9-14,18H,6-8H2,1-5H3,(H2,28,29)(H,31,33). The molecule has 0 saturated heterocycles. The van der Waals surface area contributed by atoms with Crippen LogP contribution in [0.2, 0.25) is 5.02 Å². The maximum Gasteiger partial charge on any atom is 0.258 e. The molecule has 0 aliphatic heterocycles. The van der Waals surface area contributed by atoms with Crippen LogP contribution in [0.1, 0.15) is 80.3 Å². The number of amides is 1. The molecule has 1 aliphatic rings. The monoisotopic (exact) mass is 487 g/mol. The minimum Gasteiger partial charge on any atom is -0.490 e. The van der Waals surface area contributed by atoms with Gasteiger partial charge in [0.25, 0.3) is 5.91 Å². The van der Waals surface area contributed by atoms with E-state index in [9.17, 15) is 4.79 Å². The van der Waals surface area contributed by atoms with Gasteiger partial charge in [-0.1, -0.05) is 31.9 Å². The maximum atomic E-state index is 15.4. The second kappa shape index (κ2) is 9.41. The van der Waals surface area contributed by atoms with Gasteiger partial charge in [0.05, 0.1) is 16.8 Å². The van der Waals surface area contributed by atoms with Gasteiger partial charge < -0.3 is 15.8 Å². The van der Waals surface area contributed by atoms with Crippen molar-refractivity contribution in [2.24, 2.45) is 5.92 Å². The zero-order chi connectivity index (χ0) is 24.7. The second-order valence-electron chi connectivity index (χ2n) is 9.43. The molecule has 3 aromatic rings. The van der Waals surface area contributed by atoms with Crippen LogP contribution in [0.3, 0.4) is 0 Å². The largest absolute Gasteiger partial charge is 0.490 e. The Kier molecular flexibility index (Phi) is 6.71. The lowest BCUT2D eigenvalue weighted by Crippen LogP contribution is -2.37. The number of aromatic nitrogens is 3. The number of carbonyl (C=O) groups is 1. The van der Waals surface area contributed by atoms with Crippen LogP contribution in [-0.4, -0.2) is 32.4 Å². The highest BCUT2D eigenvalue weighted by atomic mass is 35.5. The number of hydrogen-bond acceptors (Lipinski definition) is 5. The minimum atomic E-state index is -0.783. The van der Waals surface area contributed by atoms with Crippen molar-refractivity contribution in [2.75, 3.05) is 5.73 Å². The normalized spacial score (nSPS) is 19.1. The third-order valence-electron chi connectivity index (χ3n) is 6.60. The number of benzene rings is 1. The van der Waals surface area contributed by atoms with Crippen molar-refractivity contribution in [2.45, 2.75) is 71.9 Å². The Hall–Kier alpha value is -2.87. The first-order chi connectivity index (χ1) is 16.1. The number of anilines is 1. The van der Waals surface area contributed by atoms with Crippen molar-refractivity contribution in [3.8, 4) is 5.75 Å². The molecule has 1 amide bonds. The molecular formula is C25H31ClFN5O2. The first kappa shape index (κ1) is 24.3. The molecule has 3 unspecified atom stereocenters. The fourth-order valence-electron chi connectivity index (χ4n) is 4.83. The summed E-state index contributed by atoms with van der Waals surface area (Å²) in [5, 5.41) is 2.87. The molecule has 7 nitrogen and oxygen atoms in total. The van der Waals surface area contributed by atoms with Gasteiger partial charge >= 0.3 is 0 Å². The molecule has 3 atom stereocenters. The summed E-state index contributed by atoms with van der Waals surface area (Å²) < 4.78 is 23.3. The third kappa shape index (κ3) is 4.31.